The predicted molar refractivity (Wildman–Crippen MR) is 252 cm³/mol. The minimum Gasteiger partial charge on any atom is -0.464 e. The Balaban J connectivity index is 1.14. The second kappa shape index (κ2) is 18.9. The Bertz CT molecular complexity index is 2530. The Morgan fingerprint density at radius 2 is 1.94 bits per heavy atom. The van der Waals surface area contributed by atoms with Crippen LogP contribution >= 0.6 is 11.3 Å². The summed E-state index contributed by atoms with van der Waals surface area (Å²) in [5.41, 5.74) is 9.27. The van der Waals surface area contributed by atoms with Crippen molar-refractivity contribution in [3.05, 3.63) is 70.8 Å². The highest BCUT2D eigenvalue weighted by molar-refractivity contribution is 7.10. The van der Waals surface area contributed by atoms with E-state index in [1.165, 1.54) is 27.3 Å². The number of fused-ring (bicyclic) bond motifs is 7. The zero-order valence-electron chi connectivity index (χ0n) is 39.3. The highest BCUT2D eigenvalue weighted by atomic mass is 32.1. The first kappa shape index (κ1) is 46.9. The zero-order valence-corrected chi connectivity index (χ0v) is 40.2. The lowest BCUT2D eigenvalue weighted by atomic mass is 9.84. The Morgan fingerprint density at radius 1 is 1.15 bits per heavy atom. The van der Waals surface area contributed by atoms with Crippen LogP contribution in [0.5, 0.6) is 0 Å². The molecule has 1 aromatic carbocycles. The SMILES string of the molecule is C=CC(=O)N1CC2[C@@H](C1)CN2C(=O)N(C)[C@H](C(=O)N[C@H]1Cc2nc(cs2)-c2ccc3c(c2)c(c(-c2cccnc2[C@H](C)OC)n3CC)CC(C)(C)COC(=O)[C@@H]2CCCN(N2)C1=O)C(C)C. The van der Waals surface area contributed by atoms with E-state index in [2.05, 4.69) is 66.9 Å². The van der Waals surface area contributed by atoms with E-state index in [0.717, 1.165) is 44.7 Å². The lowest BCUT2D eigenvalue weighted by Crippen LogP contribution is -2.65. The highest BCUT2D eigenvalue weighted by Crippen LogP contribution is 2.42. The molecule has 4 aliphatic heterocycles. The Morgan fingerprint density at radius 3 is 2.67 bits per heavy atom. The topological polar surface area (TPSA) is 172 Å². The Hall–Kier alpha value is -5.65. The molecule has 5 amide bonds. The number of cyclic esters (lactones) is 1. The van der Waals surface area contributed by atoms with Gasteiger partial charge in [-0.2, -0.15) is 0 Å². The second-order valence-corrected chi connectivity index (χ2v) is 20.2. The van der Waals surface area contributed by atoms with Crippen LogP contribution in [0.15, 0.2) is 54.6 Å². The van der Waals surface area contributed by atoms with Crippen molar-refractivity contribution in [1.82, 2.24) is 45.0 Å². The zero-order chi connectivity index (χ0) is 47.2. The number of pyridine rings is 1. The number of ether oxygens (including phenoxy) is 2. The van der Waals surface area contributed by atoms with E-state index in [1.54, 1.807) is 30.2 Å². The summed E-state index contributed by atoms with van der Waals surface area (Å²) in [7, 11) is 3.29. The lowest BCUT2D eigenvalue weighted by molar-refractivity contribution is -0.155. The van der Waals surface area contributed by atoms with Crippen LogP contribution in [0.3, 0.4) is 0 Å². The number of benzene rings is 1. The predicted octanol–water partition coefficient (Wildman–Crippen LogP) is 5.61. The number of thiazole rings is 1. The minimum absolute atomic E-state index is 0.0770. The van der Waals surface area contributed by atoms with E-state index >= 15 is 0 Å². The fourth-order valence-electron chi connectivity index (χ4n) is 10.2. The van der Waals surface area contributed by atoms with E-state index in [1.807, 2.05) is 32.2 Å². The quantitative estimate of drug-likeness (QED) is 0.159. The number of hydrogen-bond donors (Lipinski definition) is 2. The molecule has 16 nitrogen and oxygen atoms in total. The van der Waals surface area contributed by atoms with Crippen molar-refractivity contribution in [3.8, 4) is 22.5 Å². The molecular formula is C49H63N9O7S. The number of rotatable bonds is 9. The maximum Gasteiger partial charge on any atom is 0.324 e. The van der Waals surface area contributed by atoms with Gasteiger partial charge in [0.15, 0.2) is 0 Å². The first-order chi connectivity index (χ1) is 31.5. The summed E-state index contributed by atoms with van der Waals surface area (Å²) in [5.74, 6) is -1.67. The van der Waals surface area contributed by atoms with Crippen LogP contribution in [0.25, 0.3) is 33.4 Å². The molecule has 8 rings (SSSR count). The average Bonchev–Trinajstić information content (AvgIpc) is 4.00. The molecule has 0 spiro atoms. The van der Waals surface area contributed by atoms with Gasteiger partial charge in [0.1, 0.15) is 18.1 Å². The molecule has 17 heteroatoms. The number of methoxy groups -OCH3 is 1. The number of hydrazine groups is 1. The standard InChI is InChI=1S/C49H63N9O7S/c1-10-41(59)55-23-31-24-57(39(31)25-55)48(63)54(8)43(28(3)4)45(60)52-36-21-40-51-37(26-66-40)30-16-17-38-33(20-30)34(44(56(38)11-2)32-14-12-18-50-42(32)29(5)64-9)22-49(6,7)27-65-47(62)35-15-13-19-58(53-35)46(36)61/h10,12,14,16-18,20,26,28-29,31,35-36,39,43,53H,1,11,13,15,19,21-25,27H2,2-9H3,(H,52,60)/t29-,31-,35-,36-,39?,43-/m0/s1. The fourth-order valence-corrected chi connectivity index (χ4v) is 11.1. The van der Waals surface area contributed by atoms with Crippen LogP contribution in [0.4, 0.5) is 4.79 Å². The number of esters is 1. The number of hydrogen-bond acceptors (Lipinski definition) is 11. The smallest absolute Gasteiger partial charge is 0.324 e. The van der Waals surface area contributed by atoms with E-state index in [-0.39, 0.29) is 48.9 Å². The second-order valence-electron chi connectivity index (χ2n) is 19.3. The van der Waals surface area contributed by atoms with Gasteiger partial charge in [0.2, 0.25) is 11.8 Å². The lowest BCUT2D eigenvalue weighted by Gasteiger charge is -2.46. The van der Waals surface area contributed by atoms with Crippen molar-refractivity contribution >= 4 is 52.0 Å². The molecule has 1 unspecified atom stereocenters. The van der Waals surface area contributed by atoms with E-state index in [4.69, 9.17) is 19.4 Å². The molecule has 4 aliphatic rings. The molecule has 0 radical (unpaired) electrons. The monoisotopic (exact) mass is 921 g/mol. The normalized spacial score (nSPS) is 22.8. The molecule has 2 N–H and O–H groups in total. The summed E-state index contributed by atoms with van der Waals surface area (Å²) in [6.45, 7) is 18.2. The maximum atomic E-state index is 14.6. The molecule has 3 saturated heterocycles. The molecule has 0 saturated carbocycles. The third-order valence-electron chi connectivity index (χ3n) is 13.7. The third-order valence-corrected chi connectivity index (χ3v) is 14.6. The van der Waals surface area contributed by atoms with Gasteiger partial charge in [0.05, 0.1) is 40.8 Å². The molecule has 352 valence electrons. The maximum absolute atomic E-state index is 14.6. The molecule has 66 heavy (non-hydrogen) atoms. The molecule has 3 aromatic heterocycles. The summed E-state index contributed by atoms with van der Waals surface area (Å²) in [6, 6.07) is 7.17. The largest absolute Gasteiger partial charge is 0.464 e. The van der Waals surface area contributed by atoms with Gasteiger partial charge in [-0.25, -0.2) is 15.2 Å². The van der Waals surface area contributed by atoms with Crippen LogP contribution in [0.2, 0.25) is 0 Å². The number of carbonyl (C=O) groups is 5. The van der Waals surface area contributed by atoms with Gasteiger partial charge in [0, 0.05) is 98.2 Å². The number of aryl methyl sites for hydroxylation is 1. The molecule has 7 heterocycles. The Kier molecular flexibility index (Phi) is 13.4. The van der Waals surface area contributed by atoms with Crippen molar-refractivity contribution in [2.45, 2.75) is 104 Å². The molecule has 4 aromatic rings. The molecule has 6 bridgehead atoms. The van der Waals surface area contributed by atoms with Gasteiger partial charge in [-0.1, -0.05) is 40.3 Å². The summed E-state index contributed by atoms with van der Waals surface area (Å²) < 4.78 is 14.2. The van der Waals surface area contributed by atoms with Crippen LogP contribution in [0, 0.1) is 17.3 Å². The highest BCUT2D eigenvalue weighted by Gasteiger charge is 2.50. The van der Waals surface area contributed by atoms with Gasteiger partial charge in [-0.3, -0.25) is 29.2 Å². The number of amides is 5. The number of nitrogens with one attached hydrogen (secondary N) is 2. The van der Waals surface area contributed by atoms with Gasteiger partial charge in [-0.05, 0) is 74.9 Å². The molecule has 0 aliphatic carbocycles. The third kappa shape index (κ3) is 8.96. The molecule has 3 fully saturated rings. The van der Waals surface area contributed by atoms with Crippen LogP contribution < -0.4 is 10.7 Å². The van der Waals surface area contributed by atoms with E-state index < -0.39 is 41.3 Å². The van der Waals surface area contributed by atoms with Crippen molar-refractivity contribution < 1.29 is 33.4 Å². The van der Waals surface area contributed by atoms with Crippen LogP contribution in [0.1, 0.15) is 76.8 Å². The van der Waals surface area contributed by atoms with Crippen LogP contribution in [-0.4, -0.2) is 135 Å². The number of nitrogens with zero attached hydrogens (tertiary/aromatic N) is 7. The summed E-state index contributed by atoms with van der Waals surface area (Å²) in [6.07, 6.45) is 4.48. The van der Waals surface area contributed by atoms with E-state index in [0.29, 0.717) is 57.0 Å². The van der Waals surface area contributed by atoms with Crippen molar-refractivity contribution in [3.63, 3.8) is 0 Å². The fraction of sp³-hybridized carbons (Fsp3) is 0.531. The van der Waals surface area contributed by atoms with Gasteiger partial charge >= 0.3 is 12.0 Å². The van der Waals surface area contributed by atoms with Crippen molar-refractivity contribution in [1.29, 1.82) is 0 Å². The van der Waals surface area contributed by atoms with Crippen molar-refractivity contribution in [2.24, 2.45) is 17.3 Å². The van der Waals surface area contributed by atoms with Crippen molar-refractivity contribution in [2.75, 3.05) is 46.9 Å². The number of carbonyl (C=O) groups excluding carboxylic acids is 5. The number of likely N-dealkylation sites (tertiary alicyclic amines) is 2. The van der Waals surface area contributed by atoms with Crippen LogP contribution in [-0.2, 0) is 48.0 Å². The van der Waals surface area contributed by atoms with Gasteiger partial charge in [-0.15, -0.1) is 11.3 Å². The first-order valence-corrected chi connectivity index (χ1v) is 24.0. The minimum atomic E-state index is -1.08. The van der Waals surface area contributed by atoms with Gasteiger partial charge < -0.3 is 34.1 Å². The van der Waals surface area contributed by atoms with E-state index in [9.17, 15) is 24.0 Å². The number of likely N-dealkylation sites (N-methyl/N-ethyl adjacent to an activating group) is 1. The summed E-state index contributed by atoms with van der Waals surface area (Å²) in [5, 5.41) is 8.12. The molecular weight excluding hydrogens is 859 g/mol. The summed E-state index contributed by atoms with van der Waals surface area (Å²) >= 11 is 1.41. The first-order valence-electron chi connectivity index (χ1n) is 23.1. The number of urea groups is 1. The average molecular weight is 922 g/mol. The summed E-state index contributed by atoms with van der Waals surface area (Å²) in [4.78, 5) is 84.2. The number of aromatic nitrogens is 3. The Labute approximate surface area is 390 Å². The molecule has 6 atom stereocenters. The van der Waals surface area contributed by atoms with Gasteiger partial charge in [0.25, 0.3) is 5.91 Å².